The molecule has 0 bridgehead atoms. The summed E-state index contributed by atoms with van der Waals surface area (Å²) in [5, 5.41) is 13.1. The Morgan fingerprint density at radius 1 is 1.38 bits per heavy atom. The highest BCUT2D eigenvalue weighted by Crippen LogP contribution is 2.37. The van der Waals surface area contributed by atoms with Crippen LogP contribution in [0.4, 0.5) is 0 Å². The maximum Gasteiger partial charge on any atom is 0.255 e. The standard InChI is InChI=1S/C18H19ClN2O3/c1-24-16-6-5-12(19)10-14(16)18(23)21-17(11-8-13(22)9-11)15-4-2-3-7-20-15/h2-7,10-11,13,17,22H,8-9H2,1H3,(H,21,23)/t11?,13?,17-/m0/s1. The van der Waals surface area contributed by atoms with Gasteiger partial charge in [0.2, 0.25) is 0 Å². The SMILES string of the molecule is COc1ccc(Cl)cc1C(=O)N[C@H](c1ccccn1)C1CC(O)C1. The lowest BCUT2D eigenvalue weighted by molar-refractivity contribution is 0.0228. The molecule has 0 aliphatic heterocycles. The quantitative estimate of drug-likeness (QED) is 0.873. The third-order valence-electron chi connectivity index (χ3n) is 4.32. The average Bonchev–Trinajstić information content (AvgIpc) is 2.57. The number of carbonyl (C=O) groups excluding carboxylic acids is 1. The van der Waals surface area contributed by atoms with Crippen LogP contribution in [0.25, 0.3) is 0 Å². The zero-order valence-electron chi connectivity index (χ0n) is 13.3. The Bertz CT molecular complexity index is 717. The average molecular weight is 347 g/mol. The molecule has 1 amide bonds. The van der Waals surface area contributed by atoms with Crippen LogP contribution in [0, 0.1) is 5.92 Å². The summed E-state index contributed by atoms with van der Waals surface area (Å²) in [7, 11) is 1.51. The summed E-state index contributed by atoms with van der Waals surface area (Å²) in [5.41, 5.74) is 1.16. The van der Waals surface area contributed by atoms with Gasteiger partial charge in [-0.25, -0.2) is 0 Å². The van der Waals surface area contributed by atoms with Crippen molar-refractivity contribution in [2.24, 2.45) is 5.92 Å². The molecule has 0 radical (unpaired) electrons. The number of aliphatic hydroxyl groups is 1. The van der Waals surface area contributed by atoms with Crippen LogP contribution in [0.15, 0.2) is 42.6 Å². The predicted molar refractivity (Wildman–Crippen MR) is 91.2 cm³/mol. The number of hydrogen-bond acceptors (Lipinski definition) is 4. The van der Waals surface area contributed by atoms with E-state index in [2.05, 4.69) is 10.3 Å². The Labute approximate surface area is 145 Å². The minimum Gasteiger partial charge on any atom is -0.496 e. The van der Waals surface area contributed by atoms with Gasteiger partial charge in [-0.1, -0.05) is 17.7 Å². The summed E-state index contributed by atoms with van der Waals surface area (Å²) in [6.07, 6.45) is 2.69. The zero-order valence-corrected chi connectivity index (χ0v) is 14.0. The fourth-order valence-electron chi connectivity index (χ4n) is 2.97. The Morgan fingerprint density at radius 2 is 2.17 bits per heavy atom. The smallest absolute Gasteiger partial charge is 0.255 e. The van der Waals surface area contributed by atoms with Gasteiger partial charge in [0, 0.05) is 11.2 Å². The van der Waals surface area contributed by atoms with Crippen LogP contribution in [-0.2, 0) is 0 Å². The number of aromatic nitrogens is 1. The molecule has 1 saturated carbocycles. The molecule has 1 aliphatic carbocycles. The van der Waals surface area contributed by atoms with Gasteiger partial charge in [0.25, 0.3) is 5.91 Å². The second-order valence-electron chi connectivity index (χ2n) is 5.94. The van der Waals surface area contributed by atoms with E-state index in [1.807, 2.05) is 18.2 Å². The van der Waals surface area contributed by atoms with E-state index < -0.39 is 0 Å². The molecule has 0 spiro atoms. The van der Waals surface area contributed by atoms with E-state index in [0.717, 1.165) is 5.69 Å². The van der Waals surface area contributed by atoms with Gasteiger partial charge in [-0.05, 0) is 49.1 Å². The van der Waals surface area contributed by atoms with E-state index in [4.69, 9.17) is 16.3 Å². The summed E-state index contributed by atoms with van der Waals surface area (Å²) in [6, 6.07) is 10.3. The molecule has 1 aliphatic rings. The lowest BCUT2D eigenvalue weighted by Crippen LogP contribution is -2.41. The molecule has 1 atom stereocenters. The molecule has 2 aromatic rings. The maximum absolute atomic E-state index is 12.7. The van der Waals surface area contributed by atoms with Gasteiger partial charge in [-0.2, -0.15) is 0 Å². The number of carbonyl (C=O) groups is 1. The first kappa shape index (κ1) is 16.7. The molecule has 5 nitrogen and oxygen atoms in total. The number of ether oxygens (including phenoxy) is 1. The molecule has 1 aromatic heterocycles. The van der Waals surface area contributed by atoms with Gasteiger partial charge in [0.1, 0.15) is 5.75 Å². The Kier molecular flexibility index (Phi) is 5.02. The Morgan fingerprint density at radius 3 is 2.79 bits per heavy atom. The van der Waals surface area contributed by atoms with Crippen molar-refractivity contribution in [3.05, 3.63) is 58.9 Å². The fraction of sp³-hybridized carbons (Fsp3) is 0.333. The van der Waals surface area contributed by atoms with E-state index in [1.165, 1.54) is 7.11 Å². The van der Waals surface area contributed by atoms with Crippen molar-refractivity contribution >= 4 is 17.5 Å². The van der Waals surface area contributed by atoms with Crippen molar-refractivity contribution in [1.82, 2.24) is 10.3 Å². The van der Waals surface area contributed by atoms with Crippen LogP contribution >= 0.6 is 11.6 Å². The fourth-order valence-corrected chi connectivity index (χ4v) is 3.14. The largest absolute Gasteiger partial charge is 0.496 e. The first-order valence-electron chi connectivity index (χ1n) is 7.82. The topological polar surface area (TPSA) is 71.5 Å². The molecule has 2 N–H and O–H groups in total. The number of methoxy groups -OCH3 is 1. The molecular formula is C18H19ClN2O3. The number of aliphatic hydroxyl groups excluding tert-OH is 1. The maximum atomic E-state index is 12.7. The van der Waals surface area contributed by atoms with Crippen molar-refractivity contribution in [3.63, 3.8) is 0 Å². The van der Waals surface area contributed by atoms with Crippen molar-refractivity contribution in [2.45, 2.75) is 25.0 Å². The van der Waals surface area contributed by atoms with Crippen molar-refractivity contribution in [1.29, 1.82) is 0 Å². The van der Waals surface area contributed by atoms with Crippen molar-refractivity contribution in [2.75, 3.05) is 7.11 Å². The lowest BCUT2D eigenvalue weighted by Gasteiger charge is -2.37. The zero-order chi connectivity index (χ0) is 17.1. The number of halogens is 1. The van der Waals surface area contributed by atoms with Crippen LogP contribution in [0.3, 0.4) is 0 Å². The molecule has 0 saturated heterocycles. The van der Waals surface area contributed by atoms with Gasteiger partial charge in [0.05, 0.1) is 30.5 Å². The van der Waals surface area contributed by atoms with E-state index in [0.29, 0.717) is 29.2 Å². The van der Waals surface area contributed by atoms with E-state index in [1.54, 1.807) is 24.4 Å². The molecule has 24 heavy (non-hydrogen) atoms. The van der Waals surface area contributed by atoms with E-state index in [9.17, 15) is 9.90 Å². The highest BCUT2D eigenvalue weighted by atomic mass is 35.5. The van der Waals surface area contributed by atoms with E-state index in [-0.39, 0.29) is 24.0 Å². The van der Waals surface area contributed by atoms with Gasteiger partial charge in [-0.15, -0.1) is 0 Å². The first-order valence-corrected chi connectivity index (χ1v) is 8.19. The van der Waals surface area contributed by atoms with Gasteiger partial charge < -0.3 is 15.2 Å². The second-order valence-corrected chi connectivity index (χ2v) is 6.37. The highest BCUT2D eigenvalue weighted by Gasteiger charge is 2.36. The summed E-state index contributed by atoms with van der Waals surface area (Å²) >= 11 is 6.01. The number of pyridine rings is 1. The van der Waals surface area contributed by atoms with Gasteiger partial charge in [0.15, 0.2) is 0 Å². The number of nitrogens with one attached hydrogen (secondary N) is 1. The summed E-state index contributed by atoms with van der Waals surface area (Å²) in [4.78, 5) is 17.1. The van der Waals surface area contributed by atoms with E-state index >= 15 is 0 Å². The molecule has 1 fully saturated rings. The third kappa shape index (κ3) is 3.52. The normalized spacial score (nSPS) is 20.8. The Balaban J connectivity index is 1.85. The van der Waals surface area contributed by atoms with Gasteiger partial charge in [-0.3, -0.25) is 9.78 Å². The minimum absolute atomic E-state index is 0.157. The summed E-state index contributed by atoms with van der Waals surface area (Å²) in [6.45, 7) is 0. The summed E-state index contributed by atoms with van der Waals surface area (Å²) in [5.74, 6) is 0.348. The van der Waals surface area contributed by atoms with Crippen molar-refractivity contribution < 1.29 is 14.6 Å². The predicted octanol–water partition coefficient (Wildman–Crippen LogP) is 2.99. The third-order valence-corrected chi connectivity index (χ3v) is 4.56. The molecule has 1 aromatic carbocycles. The summed E-state index contributed by atoms with van der Waals surface area (Å²) < 4.78 is 5.25. The van der Waals surface area contributed by atoms with Crippen LogP contribution in [0.2, 0.25) is 5.02 Å². The number of amides is 1. The Hall–Kier alpha value is -2.11. The molecule has 126 valence electrons. The number of rotatable bonds is 5. The number of nitrogens with zero attached hydrogens (tertiary/aromatic N) is 1. The first-order chi connectivity index (χ1) is 11.6. The van der Waals surface area contributed by atoms with Crippen molar-refractivity contribution in [3.8, 4) is 5.75 Å². The van der Waals surface area contributed by atoms with Crippen LogP contribution in [-0.4, -0.2) is 29.2 Å². The molecule has 0 unspecified atom stereocenters. The van der Waals surface area contributed by atoms with Crippen LogP contribution in [0.1, 0.15) is 34.9 Å². The monoisotopic (exact) mass is 346 g/mol. The minimum atomic E-state index is -0.307. The highest BCUT2D eigenvalue weighted by molar-refractivity contribution is 6.31. The number of benzene rings is 1. The van der Waals surface area contributed by atoms with Gasteiger partial charge >= 0.3 is 0 Å². The number of hydrogen-bond donors (Lipinski definition) is 2. The molecule has 6 heteroatoms. The van der Waals surface area contributed by atoms with Crippen LogP contribution in [0.5, 0.6) is 5.75 Å². The second kappa shape index (κ2) is 7.20. The molecule has 1 heterocycles. The molecular weight excluding hydrogens is 328 g/mol. The van der Waals surface area contributed by atoms with Crippen LogP contribution < -0.4 is 10.1 Å². The lowest BCUT2D eigenvalue weighted by atomic mass is 9.76. The molecule has 3 rings (SSSR count).